The number of hydrogen-bond acceptors (Lipinski definition) is 5. The molecule has 0 bridgehead atoms. The molecule has 0 saturated heterocycles. The highest BCUT2D eigenvalue weighted by Gasteiger charge is 2.47. The zero-order valence-corrected chi connectivity index (χ0v) is 19.2. The third-order valence-electron chi connectivity index (χ3n) is 6.51. The first-order valence-electron chi connectivity index (χ1n) is 10.6. The van der Waals surface area contributed by atoms with Crippen molar-refractivity contribution in [3.8, 4) is 11.5 Å². The number of nitrogens with zero attached hydrogens (tertiary/aromatic N) is 1. The van der Waals surface area contributed by atoms with E-state index in [1.165, 1.54) is 53.0 Å². The summed E-state index contributed by atoms with van der Waals surface area (Å²) in [6.45, 7) is 0.170. The van der Waals surface area contributed by atoms with Gasteiger partial charge in [0, 0.05) is 32.9 Å². The van der Waals surface area contributed by atoms with Crippen LogP contribution in [0.5, 0.6) is 11.5 Å². The molecule has 0 saturated carbocycles. The molecule has 32 heavy (non-hydrogen) atoms. The van der Waals surface area contributed by atoms with E-state index >= 15 is 0 Å². The molecular weight excluding hydrogens is 433 g/mol. The monoisotopic (exact) mass is 451 g/mol. The first-order valence-corrected chi connectivity index (χ1v) is 12.2. The summed E-state index contributed by atoms with van der Waals surface area (Å²) < 4.78 is 11.7. The zero-order chi connectivity index (χ0) is 21.4. The lowest BCUT2D eigenvalue weighted by atomic mass is 9.34. The molecule has 3 heterocycles. The van der Waals surface area contributed by atoms with Crippen LogP contribution >= 0.6 is 23.5 Å². The Hall–Kier alpha value is -2.96. The third-order valence-corrected chi connectivity index (χ3v) is 8.91. The minimum Gasteiger partial charge on any atom is -0.495 e. The molecule has 4 aromatic carbocycles. The van der Waals surface area contributed by atoms with Gasteiger partial charge in [0.05, 0.1) is 24.0 Å². The van der Waals surface area contributed by atoms with Crippen molar-refractivity contribution in [3.63, 3.8) is 0 Å². The first-order chi connectivity index (χ1) is 15.8. The molecule has 154 valence electrons. The van der Waals surface area contributed by atoms with Crippen molar-refractivity contribution in [3.05, 3.63) is 72.8 Å². The topological polar surface area (TPSA) is 21.7 Å². The zero-order valence-electron chi connectivity index (χ0n) is 17.6. The van der Waals surface area contributed by atoms with E-state index in [9.17, 15) is 0 Å². The Morgan fingerprint density at radius 1 is 0.656 bits per heavy atom. The molecule has 0 unspecified atom stereocenters. The van der Waals surface area contributed by atoms with Crippen molar-refractivity contribution in [2.24, 2.45) is 0 Å². The average molecular weight is 451 g/mol. The predicted molar refractivity (Wildman–Crippen MR) is 134 cm³/mol. The van der Waals surface area contributed by atoms with Gasteiger partial charge >= 0.3 is 0 Å². The minimum atomic E-state index is 0.170. The Balaban J connectivity index is 1.61. The lowest BCUT2D eigenvalue weighted by molar-refractivity contribution is 0.382. The van der Waals surface area contributed by atoms with Crippen LogP contribution in [0.2, 0.25) is 0 Å². The van der Waals surface area contributed by atoms with Crippen molar-refractivity contribution in [1.29, 1.82) is 0 Å². The second-order valence-electron chi connectivity index (χ2n) is 8.04. The van der Waals surface area contributed by atoms with Crippen LogP contribution in [-0.4, -0.2) is 20.9 Å². The van der Waals surface area contributed by atoms with Gasteiger partial charge in [-0.25, -0.2) is 0 Å². The number of anilines is 3. The van der Waals surface area contributed by atoms with Gasteiger partial charge in [-0.05, 0) is 52.8 Å². The Labute approximate surface area is 195 Å². The largest absolute Gasteiger partial charge is 0.495 e. The van der Waals surface area contributed by atoms with Crippen molar-refractivity contribution in [2.45, 2.75) is 19.6 Å². The molecule has 0 fully saturated rings. The maximum atomic E-state index is 5.84. The van der Waals surface area contributed by atoms with Crippen molar-refractivity contribution >= 4 is 63.7 Å². The fraction of sp³-hybridized carbons (Fsp3) is 0.0769. The van der Waals surface area contributed by atoms with Crippen LogP contribution in [0.3, 0.4) is 0 Å². The number of rotatable bonds is 3. The van der Waals surface area contributed by atoms with Crippen molar-refractivity contribution in [1.82, 2.24) is 0 Å². The van der Waals surface area contributed by atoms with E-state index in [2.05, 4.69) is 71.6 Å². The fourth-order valence-electron chi connectivity index (χ4n) is 5.25. The molecule has 4 aromatic rings. The summed E-state index contributed by atoms with van der Waals surface area (Å²) >= 11 is 3.63. The van der Waals surface area contributed by atoms with E-state index in [0.29, 0.717) is 0 Å². The first kappa shape index (κ1) is 18.6. The van der Waals surface area contributed by atoms with Gasteiger partial charge in [-0.2, -0.15) is 0 Å². The Morgan fingerprint density at radius 2 is 1.22 bits per heavy atom. The summed E-state index contributed by atoms with van der Waals surface area (Å²) in [4.78, 5) is 7.42. The van der Waals surface area contributed by atoms with E-state index in [-0.39, 0.29) is 6.71 Å². The third kappa shape index (κ3) is 2.31. The highest BCUT2D eigenvalue weighted by Crippen LogP contribution is 2.50. The highest BCUT2D eigenvalue weighted by atomic mass is 32.2. The van der Waals surface area contributed by atoms with Gasteiger partial charge in [0.2, 0.25) is 0 Å². The van der Waals surface area contributed by atoms with E-state index < -0.39 is 0 Å². The summed E-state index contributed by atoms with van der Waals surface area (Å²) in [6, 6.07) is 26.1. The number of benzene rings is 4. The summed E-state index contributed by atoms with van der Waals surface area (Å²) in [5, 5.41) is 0. The van der Waals surface area contributed by atoms with Crippen molar-refractivity contribution < 1.29 is 9.47 Å². The van der Waals surface area contributed by atoms with Gasteiger partial charge in [-0.15, -0.1) is 0 Å². The molecule has 0 spiro atoms. The lowest BCUT2D eigenvalue weighted by Gasteiger charge is -2.43. The standard InChI is InChI=1S/C26H18BNO2S2/c1-29-18-14-19(30-2)26-24-25(18)31-20-12-6-10-16-22(20)27(24)23-17(11-7-13-21(23)32-26)28(16)15-8-4-3-5-9-15/h3-14H,1-2H3. The number of methoxy groups -OCH3 is 2. The normalized spacial score (nSPS) is 14.2. The highest BCUT2D eigenvalue weighted by molar-refractivity contribution is 8.01. The average Bonchev–Trinajstić information content (AvgIpc) is 2.85. The maximum Gasteiger partial charge on any atom is 0.252 e. The van der Waals surface area contributed by atoms with Gasteiger partial charge < -0.3 is 14.4 Å². The Morgan fingerprint density at radius 3 is 1.75 bits per heavy atom. The summed E-state index contributed by atoms with van der Waals surface area (Å²) in [5.74, 6) is 1.77. The van der Waals surface area contributed by atoms with Crippen LogP contribution in [-0.2, 0) is 0 Å². The Kier molecular flexibility index (Phi) is 3.94. The van der Waals surface area contributed by atoms with Gasteiger partial charge in [0.1, 0.15) is 11.5 Å². The smallest absolute Gasteiger partial charge is 0.252 e. The molecule has 0 atom stereocenters. The van der Waals surface area contributed by atoms with E-state index in [4.69, 9.17) is 9.47 Å². The summed E-state index contributed by atoms with van der Waals surface area (Å²) in [5.41, 5.74) is 7.77. The summed E-state index contributed by atoms with van der Waals surface area (Å²) in [6.07, 6.45) is 0. The minimum absolute atomic E-state index is 0.170. The SMILES string of the molecule is COc1cc(OC)c2c3c1Sc1cccc4c1B3c1c(cccc1N4c1ccccc1)S2. The molecule has 0 aromatic heterocycles. The summed E-state index contributed by atoms with van der Waals surface area (Å²) in [7, 11) is 3.50. The van der Waals surface area contributed by atoms with E-state index in [1.54, 1.807) is 14.2 Å². The second-order valence-corrected chi connectivity index (χ2v) is 10.1. The van der Waals surface area contributed by atoms with E-state index in [1.807, 2.05) is 29.6 Å². The van der Waals surface area contributed by atoms with Gasteiger partial charge in [0.15, 0.2) is 0 Å². The van der Waals surface area contributed by atoms with Crippen LogP contribution in [0.4, 0.5) is 17.1 Å². The fourth-order valence-corrected chi connectivity index (χ4v) is 7.85. The second kappa shape index (κ2) is 6.77. The van der Waals surface area contributed by atoms with Gasteiger partial charge in [0.25, 0.3) is 6.71 Å². The van der Waals surface area contributed by atoms with Crippen LogP contribution in [0.25, 0.3) is 0 Å². The molecule has 3 aliphatic rings. The van der Waals surface area contributed by atoms with Crippen LogP contribution in [0, 0.1) is 0 Å². The van der Waals surface area contributed by atoms with Gasteiger partial charge in [-0.1, -0.05) is 53.9 Å². The molecule has 3 aliphatic heterocycles. The molecule has 3 nitrogen and oxygen atoms in total. The van der Waals surface area contributed by atoms with Crippen LogP contribution < -0.4 is 30.8 Å². The molecule has 0 N–H and O–H groups in total. The predicted octanol–water partition coefficient (Wildman–Crippen LogP) is 4.93. The molecule has 0 radical (unpaired) electrons. The molecule has 6 heteroatoms. The molecule has 7 rings (SSSR count). The number of ether oxygens (including phenoxy) is 2. The number of para-hydroxylation sites is 1. The lowest BCUT2D eigenvalue weighted by Crippen LogP contribution is -2.62. The van der Waals surface area contributed by atoms with Crippen molar-refractivity contribution in [2.75, 3.05) is 19.1 Å². The molecular formula is C26H18BNO2S2. The van der Waals surface area contributed by atoms with Gasteiger partial charge in [-0.3, -0.25) is 0 Å². The quantitative estimate of drug-likeness (QED) is 0.354. The maximum absolute atomic E-state index is 5.84. The Bertz CT molecular complexity index is 1340. The van der Waals surface area contributed by atoms with E-state index in [0.717, 1.165) is 11.5 Å². The molecule has 0 amide bonds. The molecule has 0 aliphatic carbocycles. The van der Waals surface area contributed by atoms with Crippen LogP contribution in [0.1, 0.15) is 0 Å². The number of hydrogen-bond donors (Lipinski definition) is 0. The van der Waals surface area contributed by atoms with Crippen LogP contribution in [0.15, 0.2) is 92.4 Å².